The van der Waals surface area contributed by atoms with Gasteiger partial charge in [-0.25, -0.2) is 0 Å². The Kier molecular flexibility index (Phi) is 6.87. The summed E-state index contributed by atoms with van der Waals surface area (Å²) in [5.74, 6) is 0.769. The van der Waals surface area contributed by atoms with Crippen LogP contribution in [0.1, 0.15) is 21.7 Å². The maximum Gasteiger partial charge on any atom is 0.261 e. The SMILES string of the molecule is CN=C(NCCCNC(=O)c1cccs1)NCCc1c[nH]c2ccccc12. The molecule has 0 radical (unpaired) electrons. The molecule has 3 rings (SSSR count). The monoisotopic (exact) mass is 383 g/mol. The fraction of sp³-hybridized carbons (Fsp3) is 0.300. The number of nitrogens with one attached hydrogen (secondary N) is 4. The quantitative estimate of drug-likeness (QED) is 0.274. The van der Waals surface area contributed by atoms with E-state index in [9.17, 15) is 4.79 Å². The average molecular weight is 384 g/mol. The molecule has 0 aliphatic heterocycles. The first-order valence-electron chi connectivity index (χ1n) is 9.09. The number of H-pyrrole nitrogens is 1. The predicted molar refractivity (Wildman–Crippen MR) is 113 cm³/mol. The van der Waals surface area contributed by atoms with Crippen LogP contribution in [0.5, 0.6) is 0 Å². The number of rotatable bonds is 8. The maximum absolute atomic E-state index is 11.8. The summed E-state index contributed by atoms with van der Waals surface area (Å²) in [5.41, 5.74) is 2.46. The van der Waals surface area contributed by atoms with Gasteiger partial charge in [0.2, 0.25) is 0 Å². The second-order valence-corrected chi connectivity index (χ2v) is 7.07. The third kappa shape index (κ3) is 5.34. The highest BCUT2D eigenvalue weighted by molar-refractivity contribution is 7.12. The third-order valence-corrected chi connectivity index (χ3v) is 5.13. The van der Waals surface area contributed by atoms with E-state index in [-0.39, 0.29) is 5.91 Å². The van der Waals surface area contributed by atoms with Crippen molar-refractivity contribution in [3.63, 3.8) is 0 Å². The normalized spacial score (nSPS) is 11.5. The van der Waals surface area contributed by atoms with Crippen LogP contribution in [0.25, 0.3) is 10.9 Å². The molecule has 0 aliphatic rings. The summed E-state index contributed by atoms with van der Waals surface area (Å²) >= 11 is 1.45. The van der Waals surface area contributed by atoms with Crippen molar-refractivity contribution >= 4 is 34.1 Å². The minimum Gasteiger partial charge on any atom is -0.361 e. The van der Waals surface area contributed by atoms with Crippen LogP contribution in [-0.2, 0) is 6.42 Å². The molecule has 0 atom stereocenters. The average Bonchev–Trinajstić information content (AvgIpc) is 3.36. The highest BCUT2D eigenvalue weighted by Gasteiger charge is 2.05. The van der Waals surface area contributed by atoms with Crippen molar-refractivity contribution < 1.29 is 4.79 Å². The molecule has 3 aromatic rings. The largest absolute Gasteiger partial charge is 0.361 e. The van der Waals surface area contributed by atoms with E-state index in [4.69, 9.17) is 0 Å². The van der Waals surface area contributed by atoms with Crippen LogP contribution in [0, 0.1) is 0 Å². The number of amides is 1. The van der Waals surface area contributed by atoms with Gasteiger partial charge in [0.15, 0.2) is 5.96 Å². The van der Waals surface area contributed by atoms with Gasteiger partial charge < -0.3 is 20.9 Å². The van der Waals surface area contributed by atoms with E-state index in [0.717, 1.165) is 36.8 Å². The number of benzene rings is 1. The molecule has 0 aliphatic carbocycles. The van der Waals surface area contributed by atoms with Crippen LogP contribution in [-0.4, -0.2) is 43.5 Å². The molecule has 0 spiro atoms. The smallest absolute Gasteiger partial charge is 0.261 e. The minimum atomic E-state index is -0.00811. The van der Waals surface area contributed by atoms with Crippen LogP contribution >= 0.6 is 11.3 Å². The number of hydrogen-bond donors (Lipinski definition) is 4. The lowest BCUT2D eigenvalue weighted by Gasteiger charge is -2.12. The van der Waals surface area contributed by atoms with E-state index in [0.29, 0.717) is 6.54 Å². The van der Waals surface area contributed by atoms with Gasteiger partial charge in [0.1, 0.15) is 0 Å². The molecular weight excluding hydrogens is 358 g/mol. The number of carbonyl (C=O) groups is 1. The van der Waals surface area contributed by atoms with Crippen molar-refractivity contribution in [1.82, 2.24) is 20.9 Å². The van der Waals surface area contributed by atoms with Gasteiger partial charge >= 0.3 is 0 Å². The van der Waals surface area contributed by atoms with Gasteiger partial charge in [-0.1, -0.05) is 24.3 Å². The van der Waals surface area contributed by atoms with Gasteiger partial charge in [-0.05, 0) is 35.9 Å². The molecule has 4 N–H and O–H groups in total. The van der Waals surface area contributed by atoms with Gasteiger partial charge in [-0.2, -0.15) is 0 Å². The Morgan fingerprint density at radius 1 is 1.07 bits per heavy atom. The Morgan fingerprint density at radius 3 is 2.70 bits per heavy atom. The molecule has 27 heavy (non-hydrogen) atoms. The van der Waals surface area contributed by atoms with Crippen molar-refractivity contribution in [2.24, 2.45) is 4.99 Å². The Balaban J connectivity index is 1.33. The van der Waals surface area contributed by atoms with Crippen molar-refractivity contribution in [1.29, 1.82) is 0 Å². The Morgan fingerprint density at radius 2 is 1.89 bits per heavy atom. The number of aromatic amines is 1. The van der Waals surface area contributed by atoms with Gasteiger partial charge in [-0.15, -0.1) is 11.3 Å². The van der Waals surface area contributed by atoms with E-state index in [1.54, 1.807) is 7.05 Å². The zero-order chi connectivity index (χ0) is 18.9. The standard InChI is InChI=1S/C20H25N5OS/c1-21-20(23-11-5-10-22-19(26)18-8-4-13-27-18)24-12-9-15-14-25-17-7-3-2-6-16(15)17/h2-4,6-8,13-14,25H,5,9-12H2,1H3,(H,22,26)(H2,21,23,24). The van der Waals surface area contributed by atoms with Crippen molar-refractivity contribution in [2.45, 2.75) is 12.8 Å². The first-order chi connectivity index (χ1) is 13.3. The van der Waals surface area contributed by atoms with Crippen molar-refractivity contribution in [3.05, 3.63) is 58.4 Å². The number of nitrogens with zero attached hydrogens (tertiary/aromatic N) is 1. The van der Waals surface area contributed by atoms with Crippen LogP contribution in [0.2, 0.25) is 0 Å². The zero-order valence-electron chi connectivity index (χ0n) is 15.4. The lowest BCUT2D eigenvalue weighted by Crippen LogP contribution is -2.39. The molecule has 2 aromatic heterocycles. The molecule has 7 heteroatoms. The maximum atomic E-state index is 11.8. The summed E-state index contributed by atoms with van der Waals surface area (Å²) in [7, 11) is 1.76. The van der Waals surface area contributed by atoms with E-state index >= 15 is 0 Å². The fourth-order valence-electron chi connectivity index (χ4n) is 2.87. The number of carbonyl (C=O) groups excluding carboxylic acids is 1. The number of hydrogen-bond acceptors (Lipinski definition) is 3. The molecule has 142 valence electrons. The lowest BCUT2D eigenvalue weighted by atomic mass is 10.1. The molecule has 1 aromatic carbocycles. The van der Waals surface area contributed by atoms with Gasteiger partial charge in [0.05, 0.1) is 4.88 Å². The summed E-state index contributed by atoms with van der Waals surface area (Å²) in [6, 6.07) is 12.0. The van der Waals surface area contributed by atoms with Crippen molar-refractivity contribution in [3.8, 4) is 0 Å². The first-order valence-corrected chi connectivity index (χ1v) is 9.97. The third-order valence-electron chi connectivity index (χ3n) is 4.26. The van der Waals surface area contributed by atoms with E-state index in [1.807, 2.05) is 23.6 Å². The molecular formula is C20H25N5OS. The van der Waals surface area contributed by atoms with Crippen LogP contribution in [0.15, 0.2) is 53.0 Å². The molecule has 1 amide bonds. The zero-order valence-corrected chi connectivity index (χ0v) is 16.2. The molecule has 2 heterocycles. The Hall–Kier alpha value is -2.80. The highest BCUT2D eigenvalue weighted by atomic mass is 32.1. The molecule has 0 unspecified atom stereocenters. The van der Waals surface area contributed by atoms with Gasteiger partial charge in [-0.3, -0.25) is 9.79 Å². The molecule has 0 saturated heterocycles. The van der Waals surface area contributed by atoms with Crippen molar-refractivity contribution in [2.75, 3.05) is 26.7 Å². The number of fused-ring (bicyclic) bond motifs is 1. The topological polar surface area (TPSA) is 81.3 Å². The summed E-state index contributed by atoms with van der Waals surface area (Å²) in [4.78, 5) is 20.1. The minimum absolute atomic E-state index is 0.00811. The van der Waals surface area contributed by atoms with Gasteiger partial charge in [0.25, 0.3) is 5.91 Å². The van der Waals surface area contributed by atoms with E-state index in [2.05, 4.69) is 50.3 Å². The summed E-state index contributed by atoms with van der Waals surface area (Å²) in [6.45, 7) is 2.18. The number of aromatic nitrogens is 1. The second kappa shape index (κ2) is 9.78. The summed E-state index contributed by atoms with van der Waals surface area (Å²) in [5, 5.41) is 12.7. The van der Waals surface area contributed by atoms with Crippen LogP contribution in [0.3, 0.4) is 0 Å². The van der Waals surface area contributed by atoms with Gasteiger partial charge in [0, 0.05) is 43.8 Å². The first kappa shape index (κ1) is 19.0. The number of para-hydroxylation sites is 1. The van der Waals surface area contributed by atoms with Crippen LogP contribution < -0.4 is 16.0 Å². The lowest BCUT2D eigenvalue weighted by molar-refractivity contribution is 0.0957. The van der Waals surface area contributed by atoms with E-state index in [1.165, 1.54) is 27.8 Å². The molecule has 6 nitrogen and oxygen atoms in total. The fourth-order valence-corrected chi connectivity index (χ4v) is 3.51. The van der Waals surface area contributed by atoms with E-state index < -0.39 is 0 Å². The summed E-state index contributed by atoms with van der Waals surface area (Å²) < 4.78 is 0. The Bertz CT molecular complexity index is 885. The molecule has 0 bridgehead atoms. The molecule has 0 saturated carbocycles. The highest BCUT2D eigenvalue weighted by Crippen LogP contribution is 2.17. The molecule has 0 fully saturated rings. The number of aliphatic imine (C=N–C) groups is 1. The Labute approximate surface area is 163 Å². The van der Waals surface area contributed by atoms with Crippen LogP contribution in [0.4, 0.5) is 0 Å². The number of guanidine groups is 1. The predicted octanol–water partition coefficient (Wildman–Crippen LogP) is 2.76. The second-order valence-electron chi connectivity index (χ2n) is 6.12. The summed E-state index contributed by atoms with van der Waals surface area (Å²) in [6.07, 6.45) is 3.82. The number of thiophene rings is 1.